The van der Waals surface area contributed by atoms with Crippen LogP contribution in [0.15, 0.2) is 71.3 Å². The van der Waals surface area contributed by atoms with Crippen LogP contribution >= 0.6 is 0 Å². The SMILES string of the molecule is COc1ccc(C(NC(=O)c2ccco2)c2ccc(OC)cc2)cc1. The number of ether oxygens (including phenoxy) is 2. The van der Waals surface area contributed by atoms with Gasteiger partial charge >= 0.3 is 0 Å². The van der Waals surface area contributed by atoms with Gasteiger partial charge in [-0.3, -0.25) is 4.79 Å². The van der Waals surface area contributed by atoms with Crippen LogP contribution < -0.4 is 14.8 Å². The van der Waals surface area contributed by atoms with E-state index in [1.165, 1.54) is 6.26 Å². The minimum Gasteiger partial charge on any atom is -0.497 e. The van der Waals surface area contributed by atoms with Gasteiger partial charge in [0.1, 0.15) is 11.5 Å². The normalized spacial score (nSPS) is 10.5. The third kappa shape index (κ3) is 3.83. The lowest BCUT2D eigenvalue weighted by molar-refractivity contribution is 0.0915. The Labute approximate surface area is 146 Å². The van der Waals surface area contributed by atoms with Gasteiger partial charge in [-0.2, -0.15) is 0 Å². The molecule has 0 bridgehead atoms. The Kier molecular flexibility index (Phi) is 5.04. The summed E-state index contributed by atoms with van der Waals surface area (Å²) in [6, 6.07) is 18.2. The fraction of sp³-hybridized carbons (Fsp3) is 0.150. The van der Waals surface area contributed by atoms with E-state index >= 15 is 0 Å². The predicted octanol–water partition coefficient (Wildman–Crippen LogP) is 3.82. The van der Waals surface area contributed by atoms with E-state index in [4.69, 9.17) is 13.9 Å². The summed E-state index contributed by atoms with van der Waals surface area (Å²) in [4.78, 5) is 12.5. The third-order valence-electron chi connectivity index (χ3n) is 3.92. The van der Waals surface area contributed by atoms with Crippen molar-refractivity contribution in [1.29, 1.82) is 0 Å². The first-order chi connectivity index (χ1) is 12.2. The standard InChI is InChI=1S/C20H19NO4/c1-23-16-9-5-14(6-10-16)19(15-7-11-17(24-2)12-8-15)21-20(22)18-4-3-13-25-18/h3-13,19H,1-2H3,(H,21,22). The third-order valence-corrected chi connectivity index (χ3v) is 3.92. The number of furan rings is 1. The average molecular weight is 337 g/mol. The summed E-state index contributed by atoms with van der Waals surface area (Å²) in [5, 5.41) is 3.01. The molecule has 0 atom stereocenters. The van der Waals surface area contributed by atoms with Crippen molar-refractivity contribution < 1.29 is 18.7 Å². The molecule has 0 saturated carbocycles. The Bertz CT molecular complexity index is 760. The smallest absolute Gasteiger partial charge is 0.287 e. The summed E-state index contributed by atoms with van der Waals surface area (Å²) < 4.78 is 15.6. The van der Waals surface area contributed by atoms with Crippen LogP contribution in [0.25, 0.3) is 0 Å². The van der Waals surface area contributed by atoms with E-state index in [-0.39, 0.29) is 17.7 Å². The molecule has 0 radical (unpaired) electrons. The molecule has 1 heterocycles. The molecule has 2 aromatic carbocycles. The van der Waals surface area contributed by atoms with Crippen molar-refractivity contribution in [2.75, 3.05) is 14.2 Å². The Morgan fingerprint density at radius 3 is 1.80 bits per heavy atom. The lowest BCUT2D eigenvalue weighted by Crippen LogP contribution is -2.29. The van der Waals surface area contributed by atoms with Crippen LogP contribution in [0.4, 0.5) is 0 Å². The van der Waals surface area contributed by atoms with Crippen molar-refractivity contribution in [1.82, 2.24) is 5.32 Å². The van der Waals surface area contributed by atoms with Gasteiger partial charge in [0, 0.05) is 0 Å². The van der Waals surface area contributed by atoms with Crippen LogP contribution in [0.5, 0.6) is 11.5 Å². The summed E-state index contributed by atoms with van der Waals surface area (Å²) in [5.41, 5.74) is 1.87. The summed E-state index contributed by atoms with van der Waals surface area (Å²) in [5.74, 6) is 1.51. The van der Waals surface area contributed by atoms with E-state index < -0.39 is 0 Å². The summed E-state index contributed by atoms with van der Waals surface area (Å²) in [7, 11) is 3.24. The molecule has 3 aromatic rings. The van der Waals surface area contributed by atoms with E-state index in [0.717, 1.165) is 22.6 Å². The highest BCUT2D eigenvalue weighted by Crippen LogP contribution is 2.26. The molecule has 0 saturated heterocycles. The predicted molar refractivity (Wildman–Crippen MR) is 94.0 cm³/mol. The van der Waals surface area contributed by atoms with Crippen molar-refractivity contribution >= 4 is 5.91 Å². The van der Waals surface area contributed by atoms with Crippen molar-refractivity contribution in [3.8, 4) is 11.5 Å². The number of carbonyl (C=O) groups excluding carboxylic acids is 1. The van der Waals surface area contributed by atoms with E-state index in [9.17, 15) is 4.79 Å². The summed E-state index contributed by atoms with van der Waals surface area (Å²) in [6.45, 7) is 0. The van der Waals surface area contributed by atoms with E-state index in [2.05, 4.69) is 5.32 Å². The molecule has 5 heteroatoms. The number of hydrogen-bond acceptors (Lipinski definition) is 4. The van der Waals surface area contributed by atoms with Crippen molar-refractivity contribution in [2.24, 2.45) is 0 Å². The van der Waals surface area contributed by atoms with E-state index in [0.29, 0.717) is 0 Å². The summed E-state index contributed by atoms with van der Waals surface area (Å²) in [6.07, 6.45) is 1.48. The highest BCUT2D eigenvalue weighted by atomic mass is 16.5. The first-order valence-electron chi connectivity index (χ1n) is 7.83. The molecule has 0 aliphatic carbocycles. The number of rotatable bonds is 6. The van der Waals surface area contributed by atoms with E-state index in [1.807, 2.05) is 48.5 Å². The van der Waals surface area contributed by atoms with Crippen LogP contribution in [0.3, 0.4) is 0 Å². The van der Waals surface area contributed by atoms with Crippen molar-refractivity contribution in [3.05, 3.63) is 83.8 Å². The Hall–Kier alpha value is -3.21. The zero-order valence-electron chi connectivity index (χ0n) is 14.1. The molecule has 0 fully saturated rings. The van der Waals surface area contributed by atoms with Gasteiger partial charge in [-0.15, -0.1) is 0 Å². The number of methoxy groups -OCH3 is 2. The molecule has 1 N–H and O–H groups in total. The number of carbonyl (C=O) groups is 1. The van der Waals surface area contributed by atoms with Gasteiger partial charge in [0.25, 0.3) is 5.91 Å². The largest absolute Gasteiger partial charge is 0.497 e. The van der Waals surface area contributed by atoms with Gasteiger partial charge in [0.2, 0.25) is 0 Å². The number of benzene rings is 2. The zero-order valence-corrected chi connectivity index (χ0v) is 14.1. The molecular formula is C20H19NO4. The number of hydrogen-bond donors (Lipinski definition) is 1. The summed E-state index contributed by atoms with van der Waals surface area (Å²) >= 11 is 0. The molecule has 0 aliphatic rings. The molecule has 0 aliphatic heterocycles. The number of amides is 1. The number of nitrogens with one attached hydrogen (secondary N) is 1. The highest BCUT2D eigenvalue weighted by molar-refractivity contribution is 5.91. The first kappa shape index (κ1) is 16.6. The van der Waals surface area contributed by atoms with Gasteiger partial charge in [-0.1, -0.05) is 24.3 Å². The van der Waals surface area contributed by atoms with Crippen molar-refractivity contribution in [2.45, 2.75) is 6.04 Å². The first-order valence-corrected chi connectivity index (χ1v) is 7.83. The van der Waals surface area contributed by atoms with E-state index in [1.54, 1.807) is 26.4 Å². The monoisotopic (exact) mass is 337 g/mol. The molecule has 0 unspecified atom stereocenters. The second kappa shape index (κ2) is 7.57. The fourth-order valence-electron chi connectivity index (χ4n) is 2.56. The lowest BCUT2D eigenvalue weighted by Gasteiger charge is -2.20. The Morgan fingerprint density at radius 2 is 1.40 bits per heavy atom. The molecule has 128 valence electrons. The van der Waals surface area contributed by atoms with Crippen LogP contribution in [0.2, 0.25) is 0 Å². The molecule has 1 aromatic heterocycles. The van der Waals surface area contributed by atoms with Crippen LogP contribution in [0, 0.1) is 0 Å². The Morgan fingerprint density at radius 1 is 0.880 bits per heavy atom. The van der Waals surface area contributed by atoms with Gasteiger partial charge in [-0.25, -0.2) is 0 Å². The van der Waals surface area contributed by atoms with Crippen LogP contribution in [-0.4, -0.2) is 20.1 Å². The average Bonchev–Trinajstić information content (AvgIpc) is 3.21. The van der Waals surface area contributed by atoms with Gasteiger partial charge in [-0.05, 0) is 47.5 Å². The van der Waals surface area contributed by atoms with Gasteiger partial charge in [0.05, 0.1) is 26.5 Å². The molecule has 1 amide bonds. The highest BCUT2D eigenvalue weighted by Gasteiger charge is 2.19. The topological polar surface area (TPSA) is 60.7 Å². The fourth-order valence-corrected chi connectivity index (χ4v) is 2.56. The maximum absolute atomic E-state index is 12.5. The minimum atomic E-state index is -0.325. The molecule has 3 rings (SSSR count). The minimum absolute atomic E-state index is 0.270. The Balaban J connectivity index is 1.92. The molecule has 0 spiro atoms. The zero-order chi connectivity index (χ0) is 17.6. The molecule has 5 nitrogen and oxygen atoms in total. The quantitative estimate of drug-likeness (QED) is 0.743. The lowest BCUT2D eigenvalue weighted by atomic mass is 9.98. The molecular weight excluding hydrogens is 318 g/mol. The van der Waals surface area contributed by atoms with Gasteiger partial charge < -0.3 is 19.2 Å². The maximum Gasteiger partial charge on any atom is 0.287 e. The van der Waals surface area contributed by atoms with Crippen LogP contribution in [0.1, 0.15) is 27.7 Å². The second-order valence-electron chi connectivity index (χ2n) is 5.43. The van der Waals surface area contributed by atoms with Gasteiger partial charge in [0.15, 0.2) is 5.76 Å². The van der Waals surface area contributed by atoms with Crippen molar-refractivity contribution in [3.63, 3.8) is 0 Å². The molecule has 25 heavy (non-hydrogen) atoms. The second-order valence-corrected chi connectivity index (χ2v) is 5.43. The maximum atomic E-state index is 12.5. The van der Waals surface area contributed by atoms with Crippen LogP contribution in [-0.2, 0) is 0 Å².